The van der Waals surface area contributed by atoms with Crippen molar-refractivity contribution in [2.75, 3.05) is 18.4 Å². The van der Waals surface area contributed by atoms with Crippen molar-refractivity contribution in [1.29, 1.82) is 0 Å². The van der Waals surface area contributed by atoms with Gasteiger partial charge in [0.1, 0.15) is 5.41 Å². The molecule has 0 aromatic heterocycles. The second-order valence-corrected chi connectivity index (χ2v) is 5.97. The second kappa shape index (κ2) is 3.82. The average molecular weight is 272 g/mol. The third-order valence-corrected chi connectivity index (χ3v) is 5.11. The molecule has 0 unspecified atom stereocenters. The van der Waals surface area contributed by atoms with Crippen molar-refractivity contribution in [3.05, 3.63) is 29.8 Å². The van der Waals surface area contributed by atoms with E-state index in [1.807, 2.05) is 24.3 Å². The van der Waals surface area contributed by atoms with Crippen LogP contribution in [0, 0.1) is 5.92 Å². The van der Waals surface area contributed by atoms with Gasteiger partial charge in [-0.25, -0.2) is 0 Å². The molecule has 3 aliphatic heterocycles. The van der Waals surface area contributed by atoms with E-state index in [1.54, 1.807) is 0 Å². The molecule has 2 saturated heterocycles. The first-order valence-electron chi connectivity index (χ1n) is 7.02. The lowest BCUT2D eigenvalue weighted by Crippen LogP contribution is -2.46. The number of rotatable bonds is 1. The highest BCUT2D eigenvalue weighted by Gasteiger charge is 2.64. The average Bonchev–Trinajstić information content (AvgIpc) is 3.03. The lowest BCUT2D eigenvalue weighted by atomic mass is 9.70. The zero-order valence-electron chi connectivity index (χ0n) is 11.0. The van der Waals surface area contributed by atoms with Crippen molar-refractivity contribution >= 4 is 17.6 Å². The van der Waals surface area contributed by atoms with Crippen LogP contribution in [0.5, 0.6) is 0 Å². The van der Waals surface area contributed by atoms with Crippen molar-refractivity contribution in [1.82, 2.24) is 4.90 Å². The summed E-state index contributed by atoms with van der Waals surface area (Å²) >= 11 is 0. The molecule has 5 heteroatoms. The van der Waals surface area contributed by atoms with Gasteiger partial charge in [0.05, 0.1) is 5.92 Å². The van der Waals surface area contributed by atoms with E-state index in [4.69, 9.17) is 0 Å². The minimum absolute atomic E-state index is 0.00981. The molecule has 1 amide bonds. The summed E-state index contributed by atoms with van der Waals surface area (Å²) in [6, 6.07) is 7.48. The van der Waals surface area contributed by atoms with E-state index in [0.717, 1.165) is 30.6 Å². The van der Waals surface area contributed by atoms with Gasteiger partial charge >= 0.3 is 5.97 Å². The highest BCUT2D eigenvalue weighted by molar-refractivity contribution is 6.09. The van der Waals surface area contributed by atoms with E-state index in [0.29, 0.717) is 6.54 Å². The molecule has 0 aliphatic carbocycles. The number of hydrogen-bond acceptors (Lipinski definition) is 3. The van der Waals surface area contributed by atoms with Gasteiger partial charge in [-0.05, 0) is 31.0 Å². The Morgan fingerprint density at radius 3 is 3.00 bits per heavy atom. The van der Waals surface area contributed by atoms with Gasteiger partial charge in [-0.15, -0.1) is 0 Å². The summed E-state index contributed by atoms with van der Waals surface area (Å²) in [5, 5.41) is 12.6. The third kappa shape index (κ3) is 1.26. The first-order chi connectivity index (χ1) is 9.64. The number of carboxylic acids is 1. The number of para-hydroxylation sites is 1. The molecule has 20 heavy (non-hydrogen) atoms. The Balaban J connectivity index is 1.91. The van der Waals surface area contributed by atoms with Crippen LogP contribution in [0.4, 0.5) is 5.69 Å². The monoisotopic (exact) mass is 272 g/mol. The van der Waals surface area contributed by atoms with E-state index in [-0.39, 0.29) is 11.9 Å². The number of carbonyl (C=O) groups is 2. The van der Waals surface area contributed by atoms with Crippen LogP contribution in [0.1, 0.15) is 18.4 Å². The van der Waals surface area contributed by atoms with E-state index < -0.39 is 17.3 Å². The smallest absolute Gasteiger partial charge is 0.309 e. The number of benzene rings is 1. The van der Waals surface area contributed by atoms with Gasteiger partial charge in [0.25, 0.3) is 0 Å². The maximum Gasteiger partial charge on any atom is 0.309 e. The van der Waals surface area contributed by atoms with E-state index in [1.165, 1.54) is 0 Å². The summed E-state index contributed by atoms with van der Waals surface area (Å²) in [4.78, 5) is 26.6. The summed E-state index contributed by atoms with van der Waals surface area (Å²) in [5.74, 6) is -1.65. The topological polar surface area (TPSA) is 69.6 Å². The molecule has 0 bridgehead atoms. The predicted octanol–water partition coefficient (Wildman–Crippen LogP) is 1.06. The molecule has 1 spiro atoms. The molecule has 5 nitrogen and oxygen atoms in total. The summed E-state index contributed by atoms with van der Waals surface area (Å²) in [6.45, 7) is 1.42. The van der Waals surface area contributed by atoms with Crippen LogP contribution in [0.2, 0.25) is 0 Å². The predicted molar refractivity (Wildman–Crippen MR) is 72.5 cm³/mol. The first kappa shape index (κ1) is 11.9. The molecular formula is C15H16N2O3. The minimum Gasteiger partial charge on any atom is -0.481 e. The fourth-order valence-corrected chi connectivity index (χ4v) is 4.35. The maximum atomic E-state index is 12.6. The van der Waals surface area contributed by atoms with Crippen LogP contribution < -0.4 is 5.32 Å². The minimum atomic E-state index is -0.909. The van der Waals surface area contributed by atoms with Gasteiger partial charge in [-0.1, -0.05) is 18.2 Å². The van der Waals surface area contributed by atoms with Crippen LogP contribution >= 0.6 is 0 Å². The number of nitrogens with zero attached hydrogens (tertiary/aromatic N) is 1. The Bertz CT molecular complexity index is 615. The quantitative estimate of drug-likeness (QED) is 0.802. The number of fused-ring (bicyclic) bond motifs is 3. The molecule has 4 rings (SSSR count). The molecule has 0 saturated carbocycles. The summed E-state index contributed by atoms with van der Waals surface area (Å²) < 4.78 is 0. The molecule has 3 atom stereocenters. The molecule has 104 valence electrons. The Morgan fingerprint density at radius 2 is 2.20 bits per heavy atom. The fraction of sp³-hybridized carbons (Fsp3) is 0.467. The highest BCUT2D eigenvalue weighted by atomic mass is 16.4. The van der Waals surface area contributed by atoms with Gasteiger partial charge in [-0.2, -0.15) is 0 Å². The summed E-state index contributed by atoms with van der Waals surface area (Å²) in [7, 11) is 0. The van der Waals surface area contributed by atoms with Gasteiger partial charge in [0, 0.05) is 18.3 Å². The molecule has 1 aromatic rings. The van der Waals surface area contributed by atoms with Crippen LogP contribution in [-0.2, 0) is 15.0 Å². The van der Waals surface area contributed by atoms with Gasteiger partial charge in [0.15, 0.2) is 0 Å². The SMILES string of the molecule is O=C(O)[C@H]1[C@@H]2CCCN2C[C@@]12C(=O)Nc1ccccc12. The van der Waals surface area contributed by atoms with Crippen molar-refractivity contribution in [2.24, 2.45) is 5.92 Å². The molecule has 2 N–H and O–H groups in total. The standard InChI is InChI=1S/C15H16N2O3/c18-13(19)12-11-6-3-7-17(11)8-15(12)9-4-1-2-5-10(9)16-14(15)20/h1-2,4-5,11-12H,3,6-8H2,(H,16,20)(H,18,19)/t11-,12+,15-/m0/s1. The first-order valence-corrected chi connectivity index (χ1v) is 7.02. The number of hydrogen-bond donors (Lipinski definition) is 2. The van der Waals surface area contributed by atoms with E-state index in [2.05, 4.69) is 10.2 Å². The van der Waals surface area contributed by atoms with Crippen molar-refractivity contribution in [3.63, 3.8) is 0 Å². The number of aliphatic carboxylic acids is 1. The van der Waals surface area contributed by atoms with Crippen LogP contribution in [0.15, 0.2) is 24.3 Å². The normalized spacial score (nSPS) is 35.1. The largest absolute Gasteiger partial charge is 0.481 e. The molecule has 0 radical (unpaired) electrons. The Hall–Kier alpha value is -1.88. The number of carboxylic acid groups (broad SMARTS) is 1. The van der Waals surface area contributed by atoms with E-state index in [9.17, 15) is 14.7 Å². The van der Waals surface area contributed by atoms with Crippen LogP contribution in [0.3, 0.4) is 0 Å². The number of anilines is 1. The lowest BCUT2D eigenvalue weighted by molar-refractivity contribution is -0.146. The van der Waals surface area contributed by atoms with Crippen molar-refractivity contribution < 1.29 is 14.7 Å². The zero-order valence-corrected chi connectivity index (χ0v) is 11.0. The number of amides is 1. The maximum absolute atomic E-state index is 12.6. The summed E-state index contributed by atoms with van der Waals surface area (Å²) in [5.41, 5.74) is 0.713. The molecule has 1 aromatic carbocycles. The third-order valence-electron chi connectivity index (χ3n) is 5.11. The number of carbonyl (C=O) groups excluding carboxylic acids is 1. The summed E-state index contributed by atoms with van der Waals surface area (Å²) in [6.07, 6.45) is 1.89. The molecule has 3 aliphatic rings. The number of nitrogens with one attached hydrogen (secondary N) is 1. The van der Waals surface area contributed by atoms with Crippen LogP contribution in [-0.4, -0.2) is 41.0 Å². The van der Waals surface area contributed by atoms with Gasteiger partial charge in [0.2, 0.25) is 5.91 Å². The lowest BCUT2D eigenvalue weighted by Gasteiger charge is -2.27. The highest BCUT2D eigenvalue weighted by Crippen LogP contribution is 2.52. The van der Waals surface area contributed by atoms with Crippen molar-refractivity contribution in [3.8, 4) is 0 Å². The second-order valence-electron chi connectivity index (χ2n) is 5.97. The molecular weight excluding hydrogens is 256 g/mol. The Kier molecular flexibility index (Phi) is 2.27. The van der Waals surface area contributed by atoms with Crippen LogP contribution in [0.25, 0.3) is 0 Å². The Labute approximate surface area is 116 Å². The Morgan fingerprint density at radius 1 is 1.40 bits per heavy atom. The van der Waals surface area contributed by atoms with E-state index >= 15 is 0 Å². The van der Waals surface area contributed by atoms with Gasteiger partial charge < -0.3 is 10.4 Å². The zero-order chi connectivity index (χ0) is 13.9. The molecule has 2 fully saturated rings. The molecule has 3 heterocycles. The fourth-order valence-electron chi connectivity index (χ4n) is 4.35. The van der Waals surface area contributed by atoms with Gasteiger partial charge in [-0.3, -0.25) is 14.5 Å². The van der Waals surface area contributed by atoms with Crippen molar-refractivity contribution in [2.45, 2.75) is 24.3 Å².